The van der Waals surface area contributed by atoms with Crippen LogP contribution in [0.3, 0.4) is 0 Å². The molecule has 0 bridgehead atoms. The fraction of sp³-hybridized carbons (Fsp3) is 0.353. The van der Waals surface area contributed by atoms with Gasteiger partial charge in [0.1, 0.15) is 23.7 Å². The zero-order valence-corrected chi connectivity index (χ0v) is 13.6. The van der Waals surface area contributed by atoms with E-state index in [9.17, 15) is 4.79 Å². The normalized spacial score (nSPS) is 14.3. The summed E-state index contributed by atoms with van der Waals surface area (Å²) in [6.45, 7) is 4.84. The Labute approximate surface area is 140 Å². The Morgan fingerprint density at radius 2 is 2.00 bits per heavy atom. The standard InChI is InChI=1S/C17H20N4O3/c1-13-2-4-14(5-3-13)24-11-17(22)20-15-10-16(19-12-18-15)21-6-8-23-9-7-21/h2-5,10,12H,6-9,11H2,1H3,(H,18,19,20,22). The van der Waals surface area contributed by atoms with Crippen molar-refractivity contribution in [3.8, 4) is 5.75 Å². The number of hydrogen-bond acceptors (Lipinski definition) is 6. The molecular weight excluding hydrogens is 308 g/mol. The monoisotopic (exact) mass is 328 g/mol. The van der Waals surface area contributed by atoms with Crippen LogP contribution in [0.15, 0.2) is 36.7 Å². The van der Waals surface area contributed by atoms with Crippen molar-refractivity contribution in [1.82, 2.24) is 9.97 Å². The van der Waals surface area contributed by atoms with Crippen LogP contribution >= 0.6 is 0 Å². The summed E-state index contributed by atoms with van der Waals surface area (Å²) in [6.07, 6.45) is 1.45. The van der Waals surface area contributed by atoms with Crippen LogP contribution in [0.1, 0.15) is 5.56 Å². The van der Waals surface area contributed by atoms with Crippen molar-refractivity contribution >= 4 is 17.5 Å². The van der Waals surface area contributed by atoms with Crippen LogP contribution in [0.25, 0.3) is 0 Å². The Morgan fingerprint density at radius 1 is 1.25 bits per heavy atom. The van der Waals surface area contributed by atoms with Gasteiger partial charge in [0.05, 0.1) is 13.2 Å². The van der Waals surface area contributed by atoms with Gasteiger partial charge in [-0.1, -0.05) is 17.7 Å². The molecule has 2 aromatic rings. The third-order valence-electron chi connectivity index (χ3n) is 3.65. The first-order valence-corrected chi connectivity index (χ1v) is 7.85. The minimum absolute atomic E-state index is 0.0695. The molecule has 0 saturated carbocycles. The molecule has 126 valence electrons. The predicted molar refractivity (Wildman–Crippen MR) is 90.4 cm³/mol. The first kappa shape index (κ1) is 16.2. The van der Waals surface area contributed by atoms with Gasteiger partial charge in [0.25, 0.3) is 5.91 Å². The van der Waals surface area contributed by atoms with Gasteiger partial charge < -0.3 is 19.7 Å². The number of benzene rings is 1. The van der Waals surface area contributed by atoms with E-state index in [0.29, 0.717) is 24.8 Å². The molecule has 0 radical (unpaired) electrons. The van der Waals surface area contributed by atoms with Crippen molar-refractivity contribution in [2.45, 2.75) is 6.92 Å². The highest BCUT2D eigenvalue weighted by molar-refractivity contribution is 5.91. The number of amides is 1. The lowest BCUT2D eigenvalue weighted by Crippen LogP contribution is -2.36. The number of aryl methyl sites for hydroxylation is 1. The first-order chi connectivity index (χ1) is 11.7. The maximum atomic E-state index is 12.0. The van der Waals surface area contributed by atoms with Crippen molar-refractivity contribution in [1.29, 1.82) is 0 Å². The molecule has 1 N–H and O–H groups in total. The lowest BCUT2D eigenvalue weighted by atomic mass is 10.2. The van der Waals surface area contributed by atoms with Gasteiger partial charge in [0.2, 0.25) is 0 Å². The van der Waals surface area contributed by atoms with Crippen molar-refractivity contribution in [3.05, 3.63) is 42.2 Å². The van der Waals surface area contributed by atoms with Gasteiger partial charge in [-0.2, -0.15) is 0 Å². The molecule has 1 aliphatic heterocycles. The third kappa shape index (κ3) is 4.42. The Bertz CT molecular complexity index is 684. The maximum Gasteiger partial charge on any atom is 0.263 e. The minimum Gasteiger partial charge on any atom is -0.484 e. The van der Waals surface area contributed by atoms with E-state index < -0.39 is 0 Å². The molecule has 1 aromatic carbocycles. The molecule has 0 unspecified atom stereocenters. The molecule has 7 nitrogen and oxygen atoms in total. The lowest BCUT2D eigenvalue weighted by molar-refractivity contribution is -0.118. The number of nitrogens with one attached hydrogen (secondary N) is 1. The van der Waals surface area contributed by atoms with Crippen LogP contribution in [-0.4, -0.2) is 48.8 Å². The zero-order valence-electron chi connectivity index (χ0n) is 13.6. The SMILES string of the molecule is Cc1ccc(OCC(=O)Nc2cc(N3CCOCC3)ncn2)cc1. The van der Waals surface area contributed by atoms with E-state index in [1.165, 1.54) is 6.33 Å². The molecule has 0 spiro atoms. The summed E-state index contributed by atoms with van der Waals surface area (Å²) in [5.41, 5.74) is 1.14. The summed E-state index contributed by atoms with van der Waals surface area (Å²) < 4.78 is 10.8. The highest BCUT2D eigenvalue weighted by Gasteiger charge is 2.13. The summed E-state index contributed by atoms with van der Waals surface area (Å²) >= 11 is 0. The van der Waals surface area contributed by atoms with E-state index in [2.05, 4.69) is 20.2 Å². The second-order valence-electron chi connectivity index (χ2n) is 5.51. The summed E-state index contributed by atoms with van der Waals surface area (Å²) in [5, 5.41) is 2.73. The van der Waals surface area contributed by atoms with E-state index >= 15 is 0 Å². The van der Waals surface area contributed by atoms with Gasteiger partial charge in [-0.25, -0.2) is 9.97 Å². The predicted octanol–water partition coefficient (Wildman–Crippen LogP) is 1.64. The number of nitrogens with zero attached hydrogens (tertiary/aromatic N) is 3. The van der Waals surface area contributed by atoms with Crippen molar-refractivity contribution in [2.75, 3.05) is 43.1 Å². The van der Waals surface area contributed by atoms with Crippen molar-refractivity contribution < 1.29 is 14.3 Å². The Balaban J connectivity index is 1.55. The Hall–Kier alpha value is -2.67. The van der Waals surface area contributed by atoms with Gasteiger partial charge in [0.15, 0.2) is 6.61 Å². The summed E-state index contributed by atoms with van der Waals surface area (Å²) in [5.74, 6) is 1.64. The molecule has 1 saturated heterocycles. The number of rotatable bonds is 5. The topological polar surface area (TPSA) is 76.6 Å². The quantitative estimate of drug-likeness (QED) is 0.899. The van der Waals surface area contributed by atoms with Gasteiger partial charge >= 0.3 is 0 Å². The number of aromatic nitrogens is 2. The molecule has 1 aliphatic rings. The van der Waals surface area contributed by atoms with Crippen LogP contribution in [0.5, 0.6) is 5.75 Å². The summed E-state index contributed by atoms with van der Waals surface area (Å²) in [7, 11) is 0. The van der Waals surface area contributed by atoms with Crippen LogP contribution in [0, 0.1) is 6.92 Å². The van der Waals surface area contributed by atoms with E-state index in [-0.39, 0.29) is 12.5 Å². The molecular formula is C17H20N4O3. The maximum absolute atomic E-state index is 12.0. The van der Waals surface area contributed by atoms with E-state index in [1.54, 1.807) is 6.07 Å². The van der Waals surface area contributed by atoms with Crippen LogP contribution < -0.4 is 15.0 Å². The fourth-order valence-corrected chi connectivity index (χ4v) is 2.34. The Morgan fingerprint density at radius 3 is 2.75 bits per heavy atom. The smallest absolute Gasteiger partial charge is 0.263 e. The molecule has 7 heteroatoms. The summed E-state index contributed by atoms with van der Waals surface area (Å²) in [6, 6.07) is 9.31. The average molecular weight is 328 g/mol. The Kier molecular flexibility index (Phi) is 5.22. The molecule has 3 rings (SSSR count). The van der Waals surface area contributed by atoms with Crippen molar-refractivity contribution in [2.24, 2.45) is 0 Å². The largest absolute Gasteiger partial charge is 0.484 e. The number of anilines is 2. The van der Waals surface area contributed by atoms with E-state index in [1.807, 2.05) is 31.2 Å². The highest BCUT2D eigenvalue weighted by atomic mass is 16.5. The number of morpholine rings is 1. The number of ether oxygens (including phenoxy) is 2. The first-order valence-electron chi connectivity index (χ1n) is 7.85. The van der Waals surface area contributed by atoms with Crippen molar-refractivity contribution in [3.63, 3.8) is 0 Å². The number of carbonyl (C=O) groups excluding carboxylic acids is 1. The molecule has 0 aliphatic carbocycles. The fourth-order valence-electron chi connectivity index (χ4n) is 2.34. The number of carbonyl (C=O) groups is 1. The van der Waals surface area contributed by atoms with Gasteiger partial charge in [0, 0.05) is 19.2 Å². The van der Waals surface area contributed by atoms with Crippen LogP contribution in [-0.2, 0) is 9.53 Å². The molecule has 0 atom stereocenters. The third-order valence-corrected chi connectivity index (χ3v) is 3.65. The van der Waals surface area contributed by atoms with E-state index in [4.69, 9.17) is 9.47 Å². The number of hydrogen-bond donors (Lipinski definition) is 1. The van der Waals surface area contributed by atoms with Gasteiger partial charge in [-0.15, -0.1) is 0 Å². The van der Waals surface area contributed by atoms with Gasteiger partial charge in [-0.3, -0.25) is 4.79 Å². The van der Waals surface area contributed by atoms with E-state index in [0.717, 1.165) is 24.5 Å². The molecule has 2 heterocycles. The second-order valence-corrected chi connectivity index (χ2v) is 5.51. The lowest BCUT2D eigenvalue weighted by Gasteiger charge is -2.27. The van der Waals surface area contributed by atoms with Crippen LogP contribution in [0.4, 0.5) is 11.6 Å². The highest BCUT2D eigenvalue weighted by Crippen LogP contribution is 2.16. The average Bonchev–Trinajstić information content (AvgIpc) is 2.62. The molecule has 1 fully saturated rings. The van der Waals surface area contributed by atoms with Gasteiger partial charge in [-0.05, 0) is 19.1 Å². The molecule has 24 heavy (non-hydrogen) atoms. The minimum atomic E-state index is -0.262. The molecule has 1 amide bonds. The second kappa shape index (κ2) is 7.74. The zero-order chi connectivity index (χ0) is 16.8. The molecule has 1 aromatic heterocycles. The van der Waals surface area contributed by atoms with Crippen LogP contribution in [0.2, 0.25) is 0 Å². The summed E-state index contributed by atoms with van der Waals surface area (Å²) in [4.78, 5) is 22.4.